The molecule has 7 nitrogen and oxygen atoms in total. The zero-order chi connectivity index (χ0) is 23.9. The molecule has 1 aromatic carbocycles. The molecule has 2 bridgehead atoms. The number of rotatable bonds is 6. The van der Waals surface area contributed by atoms with Gasteiger partial charge in [0.05, 0.1) is 16.3 Å². The standard InChI is InChI=1S/C22H25Cl2FN4O3S/c1-3-28(4-2)33(31,32)17-10-20(21(24)26-11-17)29-15-6-7-16(29)13-27(12-15)22(30)18-8-5-14(25)9-19(18)23/h5,8-11,15-16H,3-4,6-7,12-13H2,1-2H3. The Morgan fingerprint density at radius 2 is 1.79 bits per heavy atom. The molecule has 33 heavy (non-hydrogen) atoms. The van der Waals surface area contributed by atoms with Crippen LogP contribution in [0.4, 0.5) is 10.1 Å². The second kappa shape index (κ2) is 9.37. The number of hydrogen-bond donors (Lipinski definition) is 0. The number of fused-ring (bicyclic) bond motifs is 2. The molecule has 2 fully saturated rings. The van der Waals surface area contributed by atoms with Crippen molar-refractivity contribution >= 4 is 44.8 Å². The zero-order valence-corrected chi connectivity index (χ0v) is 20.7. The van der Waals surface area contributed by atoms with E-state index in [1.165, 1.54) is 22.6 Å². The predicted molar refractivity (Wildman–Crippen MR) is 126 cm³/mol. The van der Waals surface area contributed by atoms with E-state index in [0.717, 1.165) is 18.9 Å². The van der Waals surface area contributed by atoms with Crippen LogP contribution >= 0.6 is 23.2 Å². The maximum atomic E-state index is 13.4. The topological polar surface area (TPSA) is 73.8 Å². The summed E-state index contributed by atoms with van der Waals surface area (Å²) >= 11 is 12.5. The lowest BCUT2D eigenvalue weighted by atomic mass is 10.1. The molecule has 178 valence electrons. The minimum absolute atomic E-state index is 0.0439. The van der Waals surface area contributed by atoms with Crippen LogP contribution in [-0.4, -0.2) is 66.8 Å². The predicted octanol–water partition coefficient (Wildman–Crippen LogP) is 4.05. The largest absolute Gasteiger partial charge is 0.359 e. The Hall–Kier alpha value is -1.94. The number of halogens is 3. The van der Waals surface area contributed by atoms with Gasteiger partial charge < -0.3 is 9.80 Å². The van der Waals surface area contributed by atoms with Gasteiger partial charge in [-0.25, -0.2) is 17.8 Å². The lowest BCUT2D eigenvalue weighted by Gasteiger charge is -2.42. The molecule has 2 atom stereocenters. The summed E-state index contributed by atoms with van der Waals surface area (Å²) in [5.41, 5.74) is 0.822. The normalized spacial score (nSPS) is 20.5. The summed E-state index contributed by atoms with van der Waals surface area (Å²) < 4.78 is 40.8. The highest BCUT2D eigenvalue weighted by molar-refractivity contribution is 7.89. The molecular formula is C22H25Cl2FN4O3S. The number of benzene rings is 1. The van der Waals surface area contributed by atoms with Crippen LogP contribution < -0.4 is 4.90 Å². The summed E-state index contributed by atoms with van der Waals surface area (Å²) in [5, 5.41) is 0.308. The van der Waals surface area contributed by atoms with E-state index in [2.05, 4.69) is 9.88 Å². The van der Waals surface area contributed by atoms with Crippen LogP contribution in [0.25, 0.3) is 0 Å². The Morgan fingerprint density at radius 1 is 1.15 bits per heavy atom. The Labute approximate surface area is 203 Å². The summed E-state index contributed by atoms with van der Waals surface area (Å²) in [5.74, 6) is -0.748. The fourth-order valence-electron chi connectivity index (χ4n) is 4.75. The van der Waals surface area contributed by atoms with E-state index < -0.39 is 15.8 Å². The molecule has 3 heterocycles. The Bertz CT molecular complexity index is 1160. The van der Waals surface area contributed by atoms with Crippen molar-refractivity contribution < 1.29 is 17.6 Å². The minimum atomic E-state index is -3.69. The van der Waals surface area contributed by atoms with Crippen LogP contribution in [0.15, 0.2) is 35.4 Å². The van der Waals surface area contributed by atoms with Crippen LogP contribution in [0.2, 0.25) is 10.2 Å². The molecule has 11 heteroatoms. The van der Waals surface area contributed by atoms with Crippen LogP contribution in [0.5, 0.6) is 0 Å². The highest BCUT2D eigenvalue weighted by Crippen LogP contribution is 2.39. The van der Waals surface area contributed by atoms with Crippen LogP contribution in [0, 0.1) is 5.82 Å². The number of carbonyl (C=O) groups is 1. The number of nitrogens with zero attached hydrogens (tertiary/aromatic N) is 4. The average Bonchev–Trinajstić information content (AvgIpc) is 3.02. The van der Waals surface area contributed by atoms with Gasteiger partial charge in [-0.1, -0.05) is 37.0 Å². The molecule has 1 aromatic heterocycles. The molecule has 1 amide bonds. The Balaban J connectivity index is 1.61. The number of likely N-dealkylation sites (tertiary alicyclic amines) is 1. The van der Waals surface area contributed by atoms with E-state index in [-0.39, 0.29) is 38.6 Å². The van der Waals surface area contributed by atoms with Gasteiger partial charge in [0.2, 0.25) is 10.0 Å². The van der Waals surface area contributed by atoms with Gasteiger partial charge in [-0.2, -0.15) is 4.31 Å². The highest BCUT2D eigenvalue weighted by Gasteiger charge is 2.43. The third-order valence-electron chi connectivity index (χ3n) is 6.35. The number of amides is 1. The van der Waals surface area contributed by atoms with Crippen LogP contribution in [0.3, 0.4) is 0 Å². The number of anilines is 1. The monoisotopic (exact) mass is 514 g/mol. The molecule has 2 unspecified atom stereocenters. The van der Waals surface area contributed by atoms with E-state index in [0.29, 0.717) is 31.9 Å². The van der Waals surface area contributed by atoms with Crippen LogP contribution in [-0.2, 0) is 10.0 Å². The first-order valence-electron chi connectivity index (χ1n) is 10.9. The van der Waals surface area contributed by atoms with Crippen molar-refractivity contribution in [2.24, 2.45) is 0 Å². The second-order valence-corrected chi connectivity index (χ2v) is 10.9. The van der Waals surface area contributed by atoms with Crippen molar-refractivity contribution in [3.05, 3.63) is 52.0 Å². The van der Waals surface area contributed by atoms with E-state index in [1.807, 2.05) is 0 Å². The van der Waals surface area contributed by atoms with Crippen molar-refractivity contribution in [2.75, 3.05) is 31.1 Å². The molecule has 2 saturated heterocycles. The third kappa shape index (κ3) is 4.43. The maximum absolute atomic E-state index is 13.4. The molecule has 2 aliphatic rings. The fourth-order valence-corrected chi connectivity index (χ4v) is 6.62. The molecule has 0 spiro atoms. The molecule has 0 radical (unpaired) electrons. The Kier molecular flexibility index (Phi) is 6.87. The van der Waals surface area contributed by atoms with Gasteiger partial charge >= 0.3 is 0 Å². The number of carbonyl (C=O) groups excluding carboxylic acids is 1. The summed E-state index contributed by atoms with van der Waals surface area (Å²) in [6.45, 7) is 5.13. The van der Waals surface area contributed by atoms with Gasteiger partial charge in [-0.3, -0.25) is 4.79 Å². The Morgan fingerprint density at radius 3 is 2.36 bits per heavy atom. The summed E-state index contributed by atoms with van der Waals surface area (Å²) in [4.78, 5) is 21.1. The smallest absolute Gasteiger partial charge is 0.255 e. The van der Waals surface area contributed by atoms with E-state index in [4.69, 9.17) is 23.2 Å². The first-order valence-corrected chi connectivity index (χ1v) is 13.0. The molecular weight excluding hydrogens is 490 g/mol. The number of hydrogen-bond acceptors (Lipinski definition) is 5. The zero-order valence-electron chi connectivity index (χ0n) is 18.3. The van der Waals surface area contributed by atoms with Crippen molar-refractivity contribution in [3.8, 4) is 0 Å². The van der Waals surface area contributed by atoms with E-state index in [1.54, 1.807) is 24.8 Å². The van der Waals surface area contributed by atoms with Crippen LogP contribution in [0.1, 0.15) is 37.0 Å². The first-order chi connectivity index (χ1) is 15.7. The number of piperazine rings is 1. The summed E-state index contributed by atoms with van der Waals surface area (Å²) in [6.07, 6.45) is 2.95. The van der Waals surface area contributed by atoms with Gasteiger partial charge in [-0.05, 0) is 37.1 Å². The molecule has 2 aliphatic heterocycles. The number of pyridine rings is 1. The SMILES string of the molecule is CCN(CC)S(=O)(=O)c1cnc(Cl)c(N2C3CCC2CN(C(=O)c2ccc(F)cc2Cl)C3)c1. The minimum Gasteiger partial charge on any atom is -0.359 e. The quantitative estimate of drug-likeness (QED) is 0.543. The first kappa shape index (κ1) is 24.2. The fraction of sp³-hybridized carbons (Fsp3) is 0.455. The maximum Gasteiger partial charge on any atom is 0.255 e. The van der Waals surface area contributed by atoms with Gasteiger partial charge in [0.1, 0.15) is 10.7 Å². The third-order valence-corrected chi connectivity index (χ3v) is 8.97. The van der Waals surface area contributed by atoms with E-state index in [9.17, 15) is 17.6 Å². The van der Waals surface area contributed by atoms with Crippen molar-refractivity contribution in [3.63, 3.8) is 0 Å². The lowest BCUT2D eigenvalue weighted by Crippen LogP contribution is -2.55. The molecule has 4 rings (SSSR count). The lowest BCUT2D eigenvalue weighted by molar-refractivity contribution is 0.0718. The highest BCUT2D eigenvalue weighted by atomic mass is 35.5. The summed E-state index contributed by atoms with van der Waals surface area (Å²) in [7, 11) is -3.69. The average molecular weight is 515 g/mol. The molecule has 0 aliphatic carbocycles. The van der Waals surface area contributed by atoms with Crippen molar-refractivity contribution in [1.29, 1.82) is 0 Å². The molecule has 2 aromatic rings. The van der Waals surface area contributed by atoms with Crippen molar-refractivity contribution in [2.45, 2.75) is 43.7 Å². The van der Waals surface area contributed by atoms with Gasteiger partial charge in [0.15, 0.2) is 5.15 Å². The summed E-state index contributed by atoms with van der Waals surface area (Å²) in [6, 6.07) is 5.25. The van der Waals surface area contributed by atoms with E-state index >= 15 is 0 Å². The molecule has 0 saturated carbocycles. The van der Waals surface area contributed by atoms with Gasteiger partial charge in [0.25, 0.3) is 5.91 Å². The number of sulfonamides is 1. The van der Waals surface area contributed by atoms with Gasteiger partial charge in [-0.15, -0.1) is 0 Å². The van der Waals surface area contributed by atoms with Crippen molar-refractivity contribution in [1.82, 2.24) is 14.2 Å². The van der Waals surface area contributed by atoms with Gasteiger partial charge in [0, 0.05) is 44.5 Å². The number of aromatic nitrogens is 1. The second-order valence-electron chi connectivity index (χ2n) is 8.20. The molecule has 0 N–H and O–H groups in total.